The number of rotatable bonds is 26. The van der Waals surface area contributed by atoms with Gasteiger partial charge in [-0.3, -0.25) is 14.4 Å². The van der Waals surface area contributed by atoms with E-state index in [2.05, 4.69) is 41.6 Å². The van der Waals surface area contributed by atoms with Gasteiger partial charge in [0.25, 0.3) is 0 Å². The summed E-state index contributed by atoms with van der Waals surface area (Å²) in [5.41, 5.74) is 0. The quantitative estimate of drug-likeness (QED) is 0.162. The summed E-state index contributed by atoms with van der Waals surface area (Å²) in [6, 6.07) is 0. The van der Waals surface area contributed by atoms with E-state index in [4.69, 9.17) is 0 Å². The van der Waals surface area contributed by atoms with Gasteiger partial charge in [0, 0.05) is 71.4 Å². The molecule has 0 bridgehead atoms. The van der Waals surface area contributed by atoms with Gasteiger partial charge in [0.15, 0.2) is 0 Å². The van der Waals surface area contributed by atoms with Crippen LogP contribution in [0, 0.1) is 0 Å². The third-order valence-corrected chi connectivity index (χ3v) is 5.94. The molecular weight excluding hydrogens is 428 g/mol. The maximum atomic E-state index is 12.1. The van der Waals surface area contributed by atoms with E-state index in [1.165, 1.54) is 0 Å². The predicted octanol–water partition coefficient (Wildman–Crippen LogP) is 3.85. The lowest BCUT2D eigenvalue weighted by Gasteiger charge is -2.22. The Bertz CT molecular complexity index is 490. The number of Topliss-reactive ketones (excluding diaryl/α,β-unsaturated/α-hetero) is 2. The van der Waals surface area contributed by atoms with Gasteiger partial charge in [-0.15, -0.1) is 0 Å². The van der Waals surface area contributed by atoms with Gasteiger partial charge in [0.1, 0.15) is 11.6 Å². The van der Waals surface area contributed by atoms with Crippen molar-refractivity contribution in [2.45, 2.75) is 104 Å². The van der Waals surface area contributed by atoms with Crippen LogP contribution < -0.4 is 16.0 Å². The van der Waals surface area contributed by atoms with Crippen LogP contribution in [0.15, 0.2) is 0 Å². The molecule has 0 heterocycles. The average molecular weight is 483 g/mol. The van der Waals surface area contributed by atoms with Crippen molar-refractivity contribution in [2.75, 3.05) is 52.4 Å². The van der Waals surface area contributed by atoms with E-state index in [-0.39, 0.29) is 5.91 Å². The first kappa shape index (κ1) is 32.7. The van der Waals surface area contributed by atoms with Gasteiger partial charge < -0.3 is 20.9 Å². The number of hydrogen-bond donors (Lipinski definition) is 3. The zero-order valence-corrected chi connectivity index (χ0v) is 22.5. The predicted molar refractivity (Wildman–Crippen MR) is 142 cm³/mol. The largest absolute Gasteiger partial charge is 0.356 e. The Labute approximate surface area is 209 Å². The molecule has 3 N–H and O–H groups in total. The molecule has 0 aliphatic heterocycles. The lowest BCUT2D eigenvalue weighted by molar-refractivity contribution is -0.121. The van der Waals surface area contributed by atoms with Crippen LogP contribution in [0.1, 0.15) is 104 Å². The van der Waals surface area contributed by atoms with E-state index in [1.54, 1.807) is 0 Å². The molecule has 34 heavy (non-hydrogen) atoms. The fourth-order valence-electron chi connectivity index (χ4n) is 3.62. The minimum Gasteiger partial charge on any atom is -0.356 e. The first-order valence-corrected chi connectivity index (χ1v) is 14.0. The molecule has 0 saturated heterocycles. The minimum absolute atomic E-state index is 0.128. The maximum absolute atomic E-state index is 12.1. The first-order chi connectivity index (χ1) is 16.5. The lowest BCUT2D eigenvalue weighted by Crippen LogP contribution is -2.35. The molecule has 0 aromatic rings. The molecule has 0 aromatic carbocycles. The van der Waals surface area contributed by atoms with Crippen molar-refractivity contribution in [3.8, 4) is 0 Å². The molecule has 7 heteroatoms. The van der Waals surface area contributed by atoms with Crippen molar-refractivity contribution in [3.63, 3.8) is 0 Å². The highest BCUT2D eigenvalue weighted by atomic mass is 16.1. The number of carbonyl (C=O) groups excluding carboxylic acids is 3. The molecule has 200 valence electrons. The SMILES string of the molecule is CCCCC(=O)CCN(CCNCCCCCNCCC(=O)NCCC)CCC(=O)CCCC. The summed E-state index contributed by atoms with van der Waals surface area (Å²) in [5.74, 6) is 0.808. The molecule has 0 aliphatic rings. The Kier molecular flexibility index (Phi) is 23.8. The van der Waals surface area contributed by atoms with Crippen LogP contribution >= 0.6 is 0 Å². The number of nitrogens with zero attached hydrogens (tertiary/aromatic N) is 1. The zero-order chi connectivity index (χ0) is 25.3. The standard InChI is InChI=1S/C27H54N4O3/c1-4-7-12-25(32)15-22-31(23-16-26(33)13-8-5-2)24-21-29-19-11-9-10-18-28-20-14-27(34)30-17-6-3/h28-29H,4-24H2,1-3H3,(H,30,34). The molecule has 0 rings (SSSR count). The second-order valence-corrected chi connectivity index (χ2v) is 9.29. The normalized spacial score (nSPS) is 11.2. The van der Waals surface area contributed by atoms with Crippen LogP contribution in [0.4, 0.5) is 0 Å². The number of ketones is 2. The van der Waals surface area contributed by atoms with E-state index in [1.807, 2.05) is 0 Å². The summed E-state index contributed by atoms with van der Waals surface area (Å²) >= 11 is 0. The van der Waals surface area contributed by atoms with Crippen LogP contribution in [-0.2, 0) is 14.4 Å². The summed E-state index contributed by atoms with van der Waals surface area (Å²) in [5, 5.41) is 9.74. The monoisotopic (exact) mass is 482 g/mol. The van der Waals surface area contributed by atoms with Gasteiger partial charge in [-0.1, -0.05) is 40.0 Å². The van der Waals surface area contributed by atoms with E-state index in [0.29, 0.717) is 43.7 Å². The fraction of sp³-hybridized carbons (Fsp3) is 0.889. The Morgan fingerprint density at radius 3 is 1.62 bits per heavy atom. The third-order valence-electron chi connectivity index (χ3n) is 5.94. The Morgan fingerprint density at radius 1 is 0.529 bits per heavy atom. The number of carbonyl (C=O) groups is 3. The van der Waals surface area contributed by atoms with E-state index < -0.39 is 0 Å². The van der Waals surface area contributed by atoms with Crippen molar-refractivity contribution < 1.29 is 14.4 Å². The highest BCUT2D eigenvalue weighted by Crippen LogP contribution is 2.04. The van der Waals surface area contributed by atoms with Crippen molar-refractivity contribution in [3.05, 3.63) is 0 Å². The summed E-state index contributed by atoms with van der Waals surface area (Å²) < 4.78 is 0. The summed E-state index contributed by atoms with van der Waals surface area (Å²) in [4.78, 5) is 37.9. The Hall–Kier alpha value is -1.31. The number of unbranched alkanes of at least 4 members (excludes halogenated alkanes) is 4. The molecule has 0 radical (unpaired) electrons. The molecule has 0 saturated carbocycles. The zero-order valence-electron chi connectivity index (χ0n) is 22.5. The van der Waals surface area contributed by atoms with Crippen LogP contribution in [0.3, 0.4) is 0 Å². The molecule has 0 spiro atoms. The average Bonchev–Trinajstić information content (AvgIpc) is 2.84. The molecule has 0 aromatic heterocycles. The van der Waals surface area contributed by atoms with Gasteiger partial charge in [-0.2, -0.15) is 0 Å². The van der Waals surface area contributed by atoms with Crippen molar-refractivity contribution in [1.29, 1.82) is 0 Å². The Balaban J connectivity index is 3.91. The molecule has 0 aliphatic carbocycles. The van der Waals surface area contributed by atoms with Crippen molar-refractivity contribution >= 4 is 17.5 Å². The van der Waals surface area contributed by atoms with Gasteiger partial charge in [0.2, 0.25) is 5.91 Å². The fourth-order valence-corrected chi connectivity index (χ4v) is 3.62. The summed E-state index contributed by atoms with van der Waals surface area (Å²) in [6.07, 6.45) is 11.5. The van der Waals surface area contributed by atoms with Crippen LogP contribution in [-0.4, -0.2) is 74.7 Å². The number of hydrogen-bond acceptors (Lipinski definition) is 6. The topological polar surface area (TPSA) is 90.5 Å². The van der Waals surface area contributed by atoms with Crippen LogP contribution in [0.25, 0.3) is 0 Å². The van der Waals surface area contributed by atoms with E-state index >= 15 is 0 Å². The first-order valence-electron chi connectivity index (χ1n) is 14.0. The van der Waals surface area contributed by atoms with E-state index in [9.17, 15) is 14.4 Å². The third kappa shape index (κ3) is 22.5. The molecule has 0 fully saturated rings. The van der Waals surface area contributed by atoms with Gasteiger partial charge >= 0.3 is 0 Å². The molecule has 1 amide bonds. The van der Waals surface area contributed by atoms with Crippen molar-refractivity contribution in [1.82, 2.24) is 20.9 Å². The highest BCUT2D eigenvalue weighted by Gasteiger charge is 2.11. The van der Waals surface area contributed by atoms with Crippen molar-refractivity contribution in [2.24, 2.45) is 0 Å². The van der Waals surface area contributed by atoms with E-state index in [0.717, 1.165) is 104 Å². The highest BCUT2D eigenvalue weighted by molar-refractivity contribution is 5.79. The number of nitrogens with one attached hydrogen (secondary N) is 3. The summed E-state index contributed by atoms with van der Waals surface area (Å²) in [7, 11) is 0. The van der Waals surface area contributed by atoms with Crippen LogP contribution in [0.5, 0.6) is 0 Å². The minimum atomic E-state index is 0.128. The van der Waals surface area contributed by atoms with Gasteiger partial charge in [-0.25, -0.2) is 0 Å². The number of amides is 1. The van der Waals surface area contributed by atoms with Gasteiger partial charge in [0.05, 0.1) is 0 Å². The molecular formula is C27H54N4O3. The second kappa shape index (κ2) is 24.8. The van der Waals surface area contributed by atoms with Gasteiger partial charge in [-0.05, 0) is 45.2 Å². The maximum Gasteiger partial charge on any atom is 0.221 e. The molecule has 7 nitrogen and oxygen atoms in total. The Morgan fingerprint density at radius 2 is 1.09 bits per heavy atom. The van der Waals surface area contributed by atoms with Crippen LogP contribution in [0.2, 0.25) is 0 Å². The summed E-state index contributed by atoms with van der Waals surface area (Å²) in [6.45, 7) is 13.0. The molecule has 0 unspecified atom stereocenters. The second-order valence-electron chi connectivity index (χ2n) is 9.29. The smallest absolute Gasteiger partial charge is 0.221 e. The lowest BCUT2D eigenvalue weighted by atomic mass is 10.1. The molecule has 0 atom stereocenters.